The lowest BCUT2D eigenvalue weighted by molar-refractivity contribution is 0.0690. The number of aromatic nitrogens is 4. The van der Waals surface area contributed by atoms with Gasteiger partial charge in [0.1, 0.15) is 17.8 Å². The molecule has 0 atom stereocenters. The smallest absolute Gasteiger partial charge is 0.354 e. The van der Waals surface area contributed by atoms with Crippen molar-refractivity contribution < 1.29 is 9.90 Å². The summed E-state index contributed by atoms with van der Waals surface area (Å²) in [6.45, 7) is 3.18. The van der Waals surface area contributed by atoms with Crippen molar-refractivity contribution in [3.8, 4) is 0 Å². The topological polar surface area (TPSA) is 84.1 Å². The molecule has 98 valence electrons. The molecule has 0 amide bonds. The Kier molecular flexibility index (Phi) is 2.96. The second kappa shape index (κ2) is 4.77. The lowest BCUT2D eigenvalue weighted by Crippen LogP contribution is -2.33. The Balaban J connectivity index is 1.72. The van der Waals surface area contributed by atoms with Crippen LogP contribution in [0, 0.1) is 0 Å². The average Bonchev–Trinajstić information content (AvgIpc) is 2.86. The molecule has 2 aromatic heterocycles. The van der Waals surface area contributed by atoms with Gasteiger partial charge in [0.2, 0.25) is 0 Å². The van der Waals surface area contributed by atoms with Crippen LogP contribution in [0.3, 0.4) is 0 Å². The Labute approximate surface area is 109 Å². The summed E-state index contributed by atoms with van der Waals surface area (Å²) in [6, 6.07) is 3.45. The molecule has 0 radical (unpaired) electrons. The molecule has 19 heavy (non-hydrogen) atoms. The summed E-state index contributed by atoms with van der Waals surface area (Å²) < 4.78 is 2.03. The highest BCUT2D eigenvalue weighted by Gasteiger charge is 2.17. The van der Waals surface area contributed by atoms with Crippen LogP contribution >= 0.6 is 0 Å². The van der Waals surface area contributed by atoms with E-state index in [4.69, 9.17) is 5.11 Å². The number of rotatable bonds is 3. The Morgan fingerprint density at radius 1 is 1.42 bits per heavy atom. The lowest BCUT2D eigenvalue weighted by atomic mass is 10.2. The van der Waals surface area contributed by atoms with Gasteiger partial charge in [0, 0.05) is 25.8 Å². The number of carboxylic acids is 1. The van der Waals surface area contributed by atoms with Crippen LogP contribution in [-0.2, 0) is 19.6 Å². The van der Waals surface area contributed by atoms with Crippen LogP contribution in [0.5, 0.6) is 0 Å². The third kappa shape index (κ3) is 2.45. The largest absolute Gasteiger partial charge is 0.477 e. The van der Waals surface area contributed by atoms with Crippen LogP contribution in [0.15, 0.2) is 24.7 Å². The number of hydrogen-bond donors (Lipinski definition) is 1. The average molecular weight is 259 g/mol. The molecule has 0 unspecified atom stereocenters. The van der Waals surface area contributed by atoms with Crippen LogP contribution in [0.1, 0.15) is 21.9 Å². The van der Waals surface area contributed by atoms with E-state index in [0.29, 0.717) is 6.54 Å². The van der Waals surface area contributed by atoms with Crippen molar-refractivity contribution in [1.29, 1.82) is 0 Å². The predicted molar refractivity (Wildman–Crippen MR) is 65.3 cm³/mol. The first-order valence-electron chi connectivity index (χ1n) is 5.99. The van der Waals surface area contributed by atoms with E-state index in [9.17, 15) is 4.79 Å². The zero-order valence-electron chi connectivity index (χ0n) is 10.2. The maximum atomic E-state index is 10.9. The summed E-state index contributed by atoms with van der Waals surface area (Å²) in [7, 11) is 0. The van der Waals surface area contributed by atoms with Gasteiger partial charge in [-0.1, -0.05) is 0 Å². The van der Waals surface area contributed by atoms with Crippen molar-refractivity contribution in [3.05, 3.63) is 41.7 Å². The molecular weight excluding hydrogens is 246 g/mol. The molecule has 3 heterocycles. The molecule has 0 saturated carbocycles. The SMILES string of the molecule is O=C(O)c1cc(CN2CCn3cnnc3C2)ccn1. The van der Waals surface area contributed by atoms with Gasteiger partial charge in [-0.2, -0.15) is 0 Å². The number of pyridine rings is 1. The molecule has 3 rings (SSSR count). The molecule has 0 bridgehead atoms. The van der Waals surface area contributed by atoms with Gasteiger partial charge in [-0.05, 0) is 17.7 Å². The highest BCUT2D eigenvalue weighted by Crippen LogP contribution is 2.13. The number of carbonyl (C=O) groups is 1. The zero-order valence-corrected chi connectivity index (χ0v) is 10.2. The van der Waals surface area contributed by atoms with E-state index in [1.54, 1.807) is 12.4 Å². The fraction of sp³-hybridized carbons (Fsp3) is 0.333. The number of carboxylic acid groups (broad SMARTS) is 1. The standard InChI is InChI=1S/C12H13N5O2/c18-12(19)10-5-9(1-2-13-10)6-16-3-4-17-8-14-15-11(17)7-16/h1-2,5,8H,3-4,6-7H2,(H,18,19). The summed E-state index contributed by atoms with van der Waals surface area (Å²) in [6.07, 6.45) is 3.27. The maximum Gasteiger partial charge on any atom is 0.354 e. The molecular formula is C12H13N5O2. The van der Waals surface area contributed by atoms with E-state index < -0.39 is 5.97 Å². The Hall–Kier alpha value is -2.28. The van der Waals surface area contributed by atoms with Crippen molar-refractivity contribution in [2.75, 3.05) is 6.54 Å². The van der Waals surface area contributed by atoms with Crippen LogP contribution in [0.2, 0.25) is 0 Å². The normalized spacial score (nSPS) is 15.2. The van der Waals surface area contributed by atoms with Gasteiger partial charge in [-0.15, -0.1) is 10.2 Å². The molecule has 0 aromatic carbocycles. The highest BCUT2D eigenvalue weighted by atomic mass is 16.4. The predicted octanol–water partition coefficient (Wildman–Crippen LogP) is 0.387. The molecule has 1 aliphatic rings. The Morgan fingerprint density at radius 3 is 3.16 bits per heavy atom. The summed E-state index contributed by atoms with van der Waals surface area (Å²) in [5.74, 6) is -0.0565. The van der Waals surface area contributed by atoms with Gasteiger partial charge in [0.05, 0.1) is 6.54 Å². The van der Waals surface area contributed by atoms with Gasteiger partial charge < -0.3 is 9.67 Å². The minimum absolute atomic E-state index is 0.0812. The summed E-state index contributed by atoms with van der Waals surface area (Å²) in [5, 5.41) is 16.9. The first kappa shape index (κ1) is 11.8. The first-order chi connectivity index (χ1) is 9.22. The third-order valence-corrected chi connectivity index (χ3v) is 3.17. The molecule has 0 spiro atoms. The fourth-order valence-corrected chi connectivity index (χ4v) is 2.20. The number of nitrogens with zero attached hydrogens (tertiary/aromatic N) is 5. The van der Waals surface area contributed by atoms with Gasteiger partial charge in [0.15, 0.2) is 0 Å². The van der Waals surface area contributed by atoms with Gasteiger partial charge in [-0.25, -0.2) is 9.78 Å². The van der Waals surface area contributed by atoms with Gasteiger partial charge in [0.25, 0.3) is 0 Å². The summed E-state index contributed by atoms with van der Waals surface area (Å²) in [4.78, 5) is 16.9. The van der Waals surface area contributed by atoms with Crippen LogP contribution in [-0.4, -0.2) is 42.3 Å². The molecule has 7 heteroatoms. The number of hydrogen-bond acceptors (Lipinski definition) is 5. The van der Waals surface area contributed by atoms with Crippen molar-refractivity contribution in [2.45, 2.75) is 19.6 Å². The van der Waals surface area contributed by atoms with E-state index in [1.165, 1.54) is 6.20 Å². The van der Waals surface area contributed by atoms with Gasteiger partial charge in [-0.3, -0.25) is 4.90 Å². The van der Waals surface area contributed by atoms with Crippen molar-refractivity contribution in [3.63, 3.8) is 0 Å². The molecule has 2 aromatic rings. The lowest BCUT2D eigenvalue weighted by Gasteiger charge is -2.26. The molecule has 1 N–H and O–H groups in total. The maximum absolute atomic E-state index is 10.9. The fourth-order valence-electron chi connectivity index (χ4n) is 2.20. The van der Waals surface area contributed by atoms with E-state index in [2.05, 4.69) is 20.1 Å². The van der Waals surface area contributed by atoms with Crippen molar-refractivity contribution in [1.82, 2.24) is 24.6 Å². The second-order valence-electron chi connectivity index (χ2n) is 4.51. The molecule has 0 saturated heterocycles. The minimum atomic E-state index is -1.000. The molecule has 0 fully saturated rings. The minimum Gasteiger partial charge on any atom is -0.477 e. The third-order valence-electron chi connectivity index (χ3n) is 3.17. The number of fused-ring (bicyclic) bond motifs is 1. The monoisotopic (exact) mass is 259 g/mol. The highest BCUT2D eigenvalue weighted by molar-refractivity contribution is 5.85. The van der Waals surface area contributed by atoms with Crippen molar-refractivity contribution in [2.24, 2.45) is 0 Å². The Bertz CT molecular complexity index is 610. The van der Waals surface area contributed by atoms with Crippen LogP contribution in [0.25, 0.3) is 0 Å². The molecule has 7 nitrogen and oxygen atoms in total. The Morgan fingerprint density at radius 2 is 2.32 bits per heavy atom. The first-order valence-corrected chi connectivity index (χ1v) is 5.99. The number of aromatic carboxylic acids is 1. The summed E-state index contributed by atoms with van der Waals surface area (Å²) >= 11 is 0. The van der Waals surface area contributed by atoms with Crippen molar-refractivity contribution >= 4 is 5.97 Å². The molecule has 1 aliphatic heterocycles. The van der Waals surface area contributed by atoms with E-state index >= 15 is 0 Å². The quantitative estimate of drug-likeness (QED) is 0.858. The van der Waals surface area contributed by atoms with E-state index in [0.717, 1.165) is 31.0 Å². The van der Waals surface area contributed by atoms with Crippen LogP contribution < -0.4 is 0 Å². The molecule has 0 aliphatic carbocycles. The second-order valence-corrected chi connectivity index (χ2v) is 4.51. The van der Waals surface area contributed by atoms with E-state index in [-0.39, 0.29) is 5.69 Å². The zero-order chi connectivity index (χ0) is 13.2. The summed E-state index contributed by atoms with van der Waals surface area (Å²) in [5.41, 5.74) is 1.03. The van der Waals surface area contributed by atoms with Crippen LogP contribution in [0.4, 0.5) is 0 Å². The van der Waals surface area contributed by atoms with E-state index in [1.807, 2.05) is 10.6 Å². The van der Waals surface area contributed by atoms with Gasteiger partial charge >= 0.3 is 5.97 Å².